The Kier molecular flexibility index (Phi) is 4.78. The van der Waals surface area contributed by atoms with Crippen molar-refractivity contribution in [3.8, 4) is 5.75 Å². The first-order valence-corrected chi connectivity index (χ1v) is 7.83. The normalized spacial score (nSPS) is 12.9. The van der Waals surface area contributed by atoms with Crippen molar-refractivity contribution in [1.82, 2.24) is 4.98 Å². The summed E-state index contributed by atoms with van der Waals surface area (Å²) >= 11 is 1.62. The van der Waals surface area contributed by atoms with Gasteiger partial charge in [0.15, 0.2) is 0 Å². The topological polar surface area (TPSA) is 48.1 Å². The van der Waals surface area contributed by atoms with E-state index in [0.29, 0.717) is 5.92 Å². The fourth-order valence-electron chi connectivity index (χ4n) is 1.90. The molecule has 108 valence electrons. The molecule has 0 aliphatic heterocycles. The van der Waals surface area contributed by atoms with Crippen molar-refractivity contribution < 1.29 is 4.74 Å². The monoisotopic (exact) mass is 290 g/mol. The number of thiazole rings is 1. The highest BCUT2D eigenvalue weighted by atomic mass is 32.1. The third-order valence-electron chi connectivity index (χ3n) is 2.99. The zero-order chi connectivity index (χ0) is 14.7. The van der Waals surface area contributed by atoms with Gasteiger partial charge in [0.25, 0.3) is 0 Å². The molecule has 0 aliphatic rings. The van der Waals surface area contributed by atoms with Crippen molar-refractivity contribution in [2.24, 2.45) is 5.73 Å². The van der Waals surface area contributed by atoms with E-state index in [2.05, 4.69) is 24.2 Å². The fourth-order valence-corrected chi connectivity index (χ4v) is 2.91. The third-order valence-corrected chi connectivity index (χ3v) is 3.93. The lowest BCUT2D eigenvalue weighted by Gasteiger charge is -2.13. The Morgan fingerprint density at radius 2 is 1.95 bits per heavy atom. The van der Waals surface area contributed by atoms with Crippen LogP contribution in [0.4, 0.5) is 0 Å². The summed E-state index contributed by atoms with van der Waals surface area (Å²) < 4.78 is 5.71. The van der Waals surface area contributed by atoms with Crippen molar-refractivity contribution in [2.45, 2.75) is 45.8 Å². The lowest BCUT2D eigenvalue weighted by Crippen LogP contribution is -2.12. The zero-order valence-electron chi connectivity index (χ0n) is 12.5. The number of hydrogen-bond donors (Lipinski definition) is 1. The predicted octanol–water partition coefficient (Wildman–Crippen LogP) is 4.10. The average molecular weight is 290 g/mol. The van der Waals surface area contributed by atoms with Crippen LogP contribution in [0.3, 0.4) is 0 Å². The fraction of sp³-hybridized carbons (Fsp3) is 0.438. The summed E-state index contributed by atoms with van der Waals surface area (Å²) in [6.07, 6.45) is 0.161. The van der Waals surface area contributed by atoms with Gasteiger partial charge in [-0.3, -0.25) is 0 Å². The van der Waals surface area contributed by atoms with Crippen LogP contribution in [0, 0.1) is 0 Å². The molecule has 1 aromatic carbocycles. The molecule has 2 rings (SSSR count). The molecule has 0 spiro atoms. The molecule has 0 radical (unpaired) electrons. The molecule has 1 atom stereocenters. The molecule has 1 heterocycles. The van der Waals surface area contributed by atoms with Crippen molar-refractivity contribution in [3.63, 3.8) is 0 Å². The second kappa shape index (κ2) is 6.37. The minimum absolute atomic E-state index is 0.161. The Labute approximate surface area is 124 Å². The molecule has 2 aromatic rings. The lowest BCUT2D eigenvalue weighted by atomic mass is 10.1. The van der Waals surface area contributed by atoms with Crippen LogP contribution in [-0.2, 0) is 0 Å². The SMILES string of the molecule is CC(C)Oc1cccc(C(N)c2nc(C(C)C)cs2)c1. The van der Waals surface area contributed by atoms with Gasteiger partial charge in [0.05, 0.1) is 17.8 Å². The molecule has 1 unspecified atom stereocenters. The van der Waals surface area contributed by atoms with Gasteiger partial charge in [-0.25, -0.2) is 4.98 Å². The maximum absolute atomic E-state index is 6.32. The second-order valence-corrected chi connectivity index (χ2v) is 6.37. The van der Waals surface area contributed by atoms with Crippen molar-refractivity contribution in [1.29, 1.82) is 0 Å². The first kappa shape index (κ1) is 15.0. The molecular weight excluding hydrogens is 268 g/mol. The zero-order valence-corrected chi connectivity index (χ0v) is 13.3. The van der Waals surface area contributed by atoms with E-state index in [0.717, 1.165) is 22.0 Å². The van der Waals surface area contributed by atoms with Gasteiger partial charge in [-0.15, -0.1) is 11.3 Å². The Bertz CT molecular complexity index is 563. The maximum Gasteiger partial charge on any atom is 0.120 e. The molecule has 0 saturated carbocycles. The van der Waals surface area contributed by atoms with E-state index in [9.17, 15) is 0 Å². The van der Waals surface area contributed by atoms with Crippen LogP contribution in [0.25, 0.3) is 0 Å². The molecule has 0 fully saturated rings. The largest absolute Gasteiger partial charge is 0.491 e. The molecule has 0 saturated heterocycles. The van der Waals surface area contributed by atoms with Gasteiger partial charge in [-0.05, 0) is 37.5 Å². The van der Waals surface area contributed by atoms with Crippen molar-refractivity contribution in [2.75, 3.05) is 0 Å². The van der Waals surface area contributed by atoms with E-state index in [1.807, 2.05) is 38.1 Å². The van der Waals surface area contributed by atoms with E-state index in [4.69, 9.17) is 10.5 Å². The Morgan fingerprint density at radius 1 is 1.20 bits per heavy atom. The van der Waals surface area contributed by atoms with E-state index < -0.39 is 0 Å². The summed E-state index contributed by atoms with van der Waals surface area (Å²) in [5.74, 6) is 1.29. The molecule has 1 aromatic heterocycles. The van der Waals surface area contributed by atoms with E-state index in [1.54, 1.807) is 11.3 Å². The third kappa shape index (κ3) is 3.58. The molecule has 2 N–H and O–H groups in total. The summed E-state index contributed by atoms with van der Waals surface area (Å²) in [6, 6.07) is 7.76. The van der Waals surface area contributed by atoms with Crippen LogP contribution < -0.4 is 10.5 Å². The summed E-state index contributed by atoms with van der Waals surface area (Å²) in [5, 5.41) is 3.05. The highest BCUT2D eigenvalue weighted by Crippen LogP contribution is 2.27. The highest BCUT2D eigenvalue weighted by molar-refractivity contribution is 7.09. The first-order valence-electron chi connectivity index (χ1n) is 6.95. The van der Waals surface area contributed by atoms with Crippen LogP contribution in [0.5, 0.6) is 5.75 Å². The summed E-state index contributed by atoms with van der Waals surface area (Å²) in [5.41, 5.74) is 8.46. The van der Waals surface area contributed by atoms with Gasteiger partial charge in [-0.2, -0.15) is 0 Å². The second-order valence-electron chi connectivity index (χ2n) is 5.48. The van der Waals surface area contributed by atoms with Crippen LogP contribution in [0.2, 0.25) is 0 Å². The minimum atomic E-state index is -0.191. The molecule has 0 amide bonds. The van der Waals surface area contributed by atoms with Gasteiger partial charge in [0.1, 0.15) is 10.8 Å². The minimum Gasteiger partial charge on any atom is -0.491 e. The highest BCUT2D eigenvalue weighted by Gasteiger charge is 2.15. The number of nitrogens with zero attached hydrogens (tertiary/aromatic N) is 1. The smallest absolute Gasteiger partial charge is 0.120 e. The lowest BCUT2D eigenvalue weighted by molar-refractivity contribution is 0.242. The number of rotatable bonds is 5. The quantitative estimate of drug-likeness (QED) is 0.901. The van der Waals surface area contributed by atoms with Crippen LogP contribution in [-0.4, -0.2) is 11.1 Å². The molecule has 20 heavy (non-hydrogen) atoms. The maximum atomic E-state index is 6.32. The first-order chi connectivity index (χ1) is 9.47. The van der Waals surface area contributed by atoms with E-state index >= 15 is 0 Å². The Morgan fingerprint density at radius 3 is 2.55 bits per heavy atom. The number of aromatic nitrogens is 1. The Balaban J connectivity index is 2.21. The van der Waals surface area contributed by atoms with Gasteiger partial charge in [-0.1, -0.05) is 26.0 Å². The van der Waals surface area contributed by atoms with Crippen LogP contribution >= 0.6 is 11.3 Å². The Hall–Kier alpha value is -1.39. The predicted molar refractivity (Wildman–Crippen MR) is 84.4 cm³/mol. The number of nitrogens with two attached hydrogens (primary N) is 1. The van der Waals surface area contributed by atoms with Crippen molar-refractivity contribution >= 4 is 11.3 Å². The van der Waals surface area contributed by atoms with E-state index in [-0.39, 0.29) is 12.1 Å². The molecule has 0 aliphatic carbocycles. The number of hydrogen-bond acceptors (Lipinski definition) is 4. The number of ether oxygens (including phenoxy) is 1. The van der Waals surface area contributed by atoms with Crippen molar-refractivity contribution in [3.05, 3.63) is 45.9 Å². The summed E-state index contributed by atoms with van der Waals surface area (Å²) in [6.45, 7) is 8.31. The van der Waals surface area contributed by atoms with Crippen LogP contribution in [0.15, 0.2) is 29.6 Å². The summed E-state index contributed by atoms with van der Waals surface area (Å²) in [4.78, 5) is 4.63. The molecule has 4 heteroatoms. The van der Waals surface area contributed by atoms with Gasteiger partial charge < -0.3 is 10.5 Å². The average Bonchev–Trinajstić information content (AvgIpc) is 2.87. The standard InChI is InChI=1S/C16H22N2OS/c1-10(2)14-9-20-16(18-14)15(17)12-6-5-7-13(8-12)19-11(3)4/h5-11,15H,17H2,1-4H3. The van der Waals surface area contributed by atoms with E-state index in [1.165, 1.54) is 0 Å². The summed E-state index contributed by atoms with van der Waals surface area (Å²) in [7, 11) is 0. The molecule has 0 bridgehead atoms. The van der Waals surface area contributed by atoms with Gasteiger partial charge in [0, 0.05) is 5.38 Å². The molecule has 3 nitrogen and oxygen atoms in total. The molecular formula is C16H22N2OS. The van der Waals surface area contributed by atoms with Gasteiger partial charge >= 0.3 is 0 Å². The van der Waals surface area contributed by atoms with Crippen LogP contribution in [0.1, 0.15) is 55.9 Å². The van der Waals surface area contributed by atoms with Gasteiger partial charge in [0.2, 0.25) is 0 Å². The number of benzene rings is 1.